The lowest BCUT2D eigenvalue weighted by molar-refractivity contribution is 0.632. The molecule has 0 aliphatic heterocycles. The Labute approximate surface area is 327 Å². The summed E-state index contributed by atoms with van der Waals surface area (Å²) in [6.45, 7) is 4.60. The molecule has 57 heavy (non-hydrogen) atoms. The van der Waals surface area contributed by atoms with Crippen molar-refractivity contribution >= 4 is 86.8 Å². The lowest BCUT2D eigenvalue weighted by atomic mass is 9.85. The van der Waals surface area contributed by atoms with E-state index in [2.05, 4.69) is 170 Å². The largest absolute Gasteiger partial charge is 0.456 e. The van der Waals surface area contributed by atoms with Crippen LogP contribution in [0.1, 0.15) is 25.1 Å². The van der Waals surface area contributed by atoms with Crippen molar-refractivity contribution in [3.8, 4) is 28.3 Å². The normalized spacial score (nSPS) is 13.6. The topological polar surface area (TPSA) is 43.9 Å². The zero-order valence-corrected chi connectivity index (χ0v) is 31.3. The van der Waals surface area contributed by atoms with Gasteiger partial charge < -0.3 is 4.42 Å². The van der Waals surface area contributed by atoms with Gasteiger partial charge in [-0.15, -0.1) is 0 Å². The van der Waals surface area contributed by atoms with Crippen molar-refractivity contribution in [2.45, 2.75) is 19.3 Å². The molecule has 0 bridgehead atoms. The van der Waals surface area contributed by atoms with Gasteiger partial charge in [-0.1, -0.05) is 147 Å². The molecular weight excluding hydrogens is 695 g/mol. The Bertz CT molecular complexity index is 3700. The summed E-state index contributed by atoms with van der Waals surface area (Å²) in [6, 6.07) is 59.1. The highest BCUT2D eigenvalue weighted by molar-refractivity contribution is 6.35. The summed E-state index contributed by atoms with van der Waals surface area (Å²) in [5.74, 6) is 0.661. The molecule has 12 aromatic rings. The average molecular weight is 728 g/mol. The van der Waals surface area contributed by atoms with Crippen LogP contribution in [0, 0.1) is 0 Å². The SMILES string of the molecule is CC1(C)c2ccccc2-c2c(-c3cccc4oc5ccccc5c34)nc(-n3c4cc5ccccc5cc4c4c5c6ccccc6c6ccccc6c5ccc43)nc21. The van der Waals surface area contributed by atoms with Crippen LogP contribution in [0.4, 0.5) is 0 Å². The van der Waals surface area contributed by atoms with E-state index in [0.29, 0.717) is 5.95 Å². The summed E-state index contributed by atoms with van der Waals surface area (Å²) in [6.07, 6.45) is 0. The second kappa shape index (κ2) is 10.9. The Kier molecular flexibility index (Phi) is 5.94. The number of hydrogen-bond acceptors (Lipinski definition) is 3. The number of benzene rings is 9. The first-order valence-corrected chi connectivity index (χ1v) is 19.7. The zero-order valence-electron chi connectivity index (χ0n) is 31.3. The van der Waals surface area contributed by atoms with Gasteiger partial charge in [-0.25, -0.2) is 9.97 Å². The molecule has 4 nitrogen and oxygen atoms in total. The van der Waals surface area contributed by atoms with Crippen molar-refractivity contribution in [2.24, 2.45) is 0 Å². The molecule has 0 spiro atoms. The van der Waals surface area contributed by atoms with E-state index in [9.17, 15) is 0 Å². The van der Waals surface area contributed by atoms with Gasteiger partial charge >= 0.3 is 0 Å². The fraction of sp³-hybridized carbons (Fsp3) is 0.0566. The van der Waals surface area contributed by atoms with Gasteiger partial charge in [0.2, 0.25) is 5.95 Å². The van der Waals surface area contributed by atoms with Crippen molar-refractivity contribution in [3.05, 3.63) is 175 Å². The Balaban J connectivity index is 1.23. The summed E-state index contributed by atoms with van der Waals surface area (Å²) in [5, 5.41) is 14.5. The zero-order chi connectivity index (χ0) is 37.6. The average Bonchev–Trinajstić information content (AvgIpc) is 3.87. The number of rotatable bonds is 2. The third-order valence-electron chi connectivity index (χ3n) is 12.7. The predicted octanol–water partition coefficient (Wildman–Crippen LogP) is 14.1. The van der Waals surface area contributed by atoms with Crippen molar-refractivity contribution in [3.63, 3.8) is 0 Å². The molecule has 0 unspecified atom stereocenters. The van der Waals surface area contributed by atoms with Gasteiger partial charge in [0.25, 0.3) is 0 Å². The molecule has 0 saturated carbocycles. The van der Waals surface area contributed by atoms with Gasteiger partial charge in [0.15, 0.2) is 0 Å². The second-order valence-electron chi connectivity index (χ2n) is 16.1. The summed E-state index contributed by atoms with van der Waals surface area (Å²) in [5.41, 5.74) is 10.0. The number of furan rings is 1. The maximum atomic E-state index is 6.46. The molecule has 9 aromatic carbocycles. The Hall–Kier alpha value is -7.30. The molecule has 0 radical (unpaired) electrons. The molecular formula is C53H33N3O. The van der Waals surface area contributed by atoms with Gasteiger partial charge in [0.05, 0.1) is 22.4 Å². The standard InChI is InChI=1S/C53H33N3O/c1-53(2)41-23-11-9-20-37(41)49-50(39-22-13-25-45-46(39)38-21-10-12-24-44(38)57-45)54-52(55-51(49)53)56-42-27-26-36-34-18-6-5-16-32(34)33-17-7-8-19-35(33)47(36)48(42)40-28-30-14-3-4-15-31(30)29-43(40)56/h3-29H,1-2H3. The van der Waals surface area contributed by atoms with Crippen LogP contribution in [0.2, 0.25) is 0 Å². The van der Waals surface area contributed by atoms with Crippen LogP contribution in [-0.2, 0) is 5.41 Å². The van der Waals surface area contributed by atoms with E-state index in [0.717, 1.165) is 55.5 Å². The lowest BCUT2D eigenvalue weighted by Crippen LogP contribution is -2.18. The number of aromatic nitrogens is 3. The molecule has 3 heterocycles. The smallest absolute Gasteiger partial charge is 0.235 e. The third kappa shape index (κ3) is 4.01. The van der Waals surface area contributed by atoms with Crippen LogP contribution in [0.3, 0.4) is 0 Å². The monoisotopic (exact) mass is 727 g/mol. The maximum absolute atomic E-state index is 6.46. The van der Waals surface area contributed by atoms with Gasteiger partial charge in [0, 0.05) is 43.5 Å². The minimum Gasteiger partial charge on any atom is -0.456 e. The van der Waals surface area contributed by atoms with Crippen LogP contribution in [-0.4, -0.2) is 14.5 Å². The maximum Gasteiger partial charge on any atom is 0.235 e. The van der Waals surface area contributed by atoms with Gasteiger partial charge in [0.1, 0.15) is 11.2 Å². The Morgan fingerprint density at radius 2 is 1.07 bits per heavy atom. The van der Waals surface area contributed by atoms with Crippen molar-refractivity contribution < 1.29 is 4.42 Å². The van der Waals surface area contributed by atoms with Gasteiger partial charge in [-0.2, -0.15) is 0 Å². The van der Waals surface area contributed by atoms with Crippen LogP contribution in [0.5, 0.6) is 0 Å². The van der Waals surface area contributed by atoms with Gasteiger partial charge in [-0.3, -0.25) is 4.57 Å². The Morgan fingerprint density at radius 1 is 0.456 bits per heavy atom. The summed E-state index contributed by atoms with van der Waals surface area (Å²) < 4.78 is 8.79. The van der Waals surface area contributed by atoms with E-state index in [1.807, 2.05) is 12.1 Å². The highest BCUT2D eigenvalue weighted by atomic mass is 16.3. The molecule has 4 heteroatoms. The van der Waals surface area contributed by atoms with Crippen LogP contribution < -0.4 is 0 Å². The fourth-order valence-electron chi connectivity index (χ4n) is 10.2. The number of hydrogen-bond donors (Lipinski definition) is 0. The quantitative estimate of drug-likeness (QED) is 0.167. The first-order valence-electron chi connectivity index (χ1n) is 19.7. The number of nitrogens with zero attached hydrogens (tertiary/aromatic N) is 3. The minimum atomic E-state index is -0.363. The predicted molar refractivity (Wildman–Crippen MR) is 237 cm³/mol. The summed E-state index contributed by atoms with van der Waals surface area (Å²) >= 11 is 0. The molecule has 0 saturated heterocycles. The van der Waals surface area contributed by atoms with Gasteiger partial charge in [-0.05, 0) is 79.2 Å². The molecule has 0 N–H and O–H groups in total. The fourth-order valence-corrected chi connectivity index (χ4v) is 10.2. The molecule has 3 aromatic heterocycles. The van der Waals surface area contributed by atoms with E-state index in [1.54, 1.807) is 0 Å². The molecule has 0 fully saturated rings. The molecule has 0 amide bonds. The van der Waals surface area contributed by atoms with Crippen LogP contribution >= 0.6 is 0 Å². The lowest BCUT2D eigenvalue weighted by Gasteiger charge is -2.21. The van der Waals surface area contributed by atoms with Crippen LogP contribution in [0.15, 0.2) is 168 Å². The molecule has 266 valence electrons. The second-order valence-corrected chi connectivity index (χ2v) is 16.1. The molecule has 1 aliphatic rings. The van der Waals surface area contributed by atoms with Crippen LogP contribution in [0.25, 0.3) is 115 Å². The van der Waals surface area contributed by atoms with E-state index >= 15 is 0 Å². The Morgan fingerprint density at radius 3 is 1.88 bits per heavy atom. The highest BCUT2D eigenvalue weighted by Gasteiger charge is 2.40. The van der Waals surface area contributed by atoms with Crippen molar-refractivity contribution in [1.29, 1.82) is 0 Å². The van der Waals surface area contributed by atoms with Crippen molar-refractivity contribution in [1.82, 2.24) is 14.5 Å². The highest BCUT2D eigenvalue weighted by Crippen LogP contribution is 2.53. The van der Waals surface area contributed by atoms with E-state index in [-0.39, 0.29) is 5.41 Å². The van der Waals surface area contributed by atoms with E-state index in [4.69, 9.17) is 14.4 Å². The first kappa shape index (κ1) is 31.0. The number of para-hydroxylation sites is 1. The van der Waals surface area contributed by atoms with E-state index < -0.39 is 0 Å². The molecule has 1 aliphatic carbocycles. The molecule has 13 rings (SSSR count). The minimum absolute atomic E-state index is 0.363. The summed E-state index contributed by atoms with van der Waals surface area (Å²) in [7, 11) is 0. The summed E-state index contributed by atoms with van der Waals surface area (Å²) in [4.78, 5) is 11.4. The van der Waals surface area contributed by atoms with E-state index in [1.165, 1.54) is 65.0 Å². The van der Waals surface area contributed by atoms with Crippen molar-refractivity contribution in [2.75, 3.05) is 0 Å². The first-order chi connectivity index (χ1) is 28.0. The molecule has 0 atom stereocenters. The number of fused-ring (bicyclic) bond motifs is 17. The third-order valence-corrected chi connectivity index (χ3v) is 12.7.